The van der Waals surface area contributed by atoms with Gasteiger partial charge < -0.3 is 4.74 Å². The van der Waals surface area contributed by atoms with Crippen LogP contribution in [0.3, 0.4) is 0 Å². The number of hydrogen-bond acceptors (Lipinski definition) is 4. The molecule has 0 aliphatic rings. The molecule has 0 fully saturated rings. The van der Waals surface area contributed by atoms with E-state index in [2.05, 4.69) is 9.97 Å². The van der Waals surface area contributed by atoms with Crippen molar-refractivity contribution in [1.82, 2.24) is 9.97 Å². The minimum Gasteiger partial charge on any atom is -0.480 e. The number of carbonyl (C=O) groups is 1. The summed E-state index contributed by atoms with van der Waals surface area (Å²) >= 11 is 0. The van der Waals surface area contributed by atoms with Crippen LogP contribution in [0.1, 0.15) is 10.4 Å². The second kappa shape index (κ2) is 3.61. The summed E-state index contributed by atoms with van der Waals surface area (Å²) in [7, 11) is 1.42. The zero-order valence-electron chi connectivity index (χ0n) is 7.90. The molecule has 15 heavy (non-hydrogen) atoms. The van der Waals surface area contributed by atoms with Gasteiger partial charge in [-0.2, -0.15) is 0 Å². The van der Waals surface area contributed by atoms with Crippen molar-refractivity contribution in [2.24, 2.45) is 0 Å². The first kappa shape index (κ1) is 9.51. The van der Waals surface area contributed by atoms with E-state index in [1.165, 1.54) is 19.5 Å². The van der Waals surface area contributed by atoms with Gasteiger partial charge in [0.1, 0.15) is 12.1 Å². The smallest absolute Gasteiger partial charge is 0.224 e. The van der Waals surface area contributed by atoms with E-state index in [4.69, 9.17) is 4.74 Å². The summed E-state index contributed by atoms with van der Waals surface area (Å²) in [6, 6.07) is 2.36. The molecule has 0 saturated heterocycles. The topological polar surface area (TPSA) is 52.1 Å². The lowest BCUT2D eigenvalue weighted by molar-refractivity contribution is 0.112. The third-order valence-electron chi connectivity index (χ3n) is 2.02. The molecule has 5 heteroatoms. The van der Waals surface area contributed by atoms with E-state index in [9.17, 15) is 9.18 Å². The first-order valence-corrected chi connectivity index (χ1v) is 4.19. The second-order valence-corrected chi connectivity index (χ2v) is 2.89. The number of nitrogens with zero attached hydrogens (tertiary/aromatic N) is 2. The van der Waals surface area contributed by atoms with Crippen LogP contribution in [0, 0.1) is 5.82 Å². The first-order chi connectivity index (χ1) is 7.26. The average Bonchev–Trinajstić information content (AvgIpc) is 2.27. The van der Waals surface area contributed by atoms with Gasteiger partial charge in [0.25, 0.3) is 0 Å². The molecule has 4 nitrogen and oxygen atoms in total. The lowest BCUT2D eigenvalue weighted by Crippen LogP contribution is -1.95. The van der Waals surface area contributed by atoms with Gasteiger partial charge in [0.15, 0.2) is 6.29 Å². The predicted molar refractivity (Wildman–Crippen MR) is 51.4 cm³/mol. The fourth-order valence-corrected chi connectivity index (χ4v) is 1.39. The molecule has 0 spiro atoms. The number of methoxy groups -OCH3 is 1. The van der Waals surface area contributed by atoms with Crippen molar-refractivity contribution >= 4 is 17.2 Å². The second-order valence-electron chi connectivity index (χ2n) is 2.89. The molecule has 76 valence electrons. The Morgan fingerprint density at radius 2 is 2.20 bits per heavy atom. The zero-order valence-corrected chi connectivity index (χ0v) is 7.90. The predicted octanol–water partition coefficient (Wildman–Crippen LogP) is 1.59. The lowest BCUT2D eigenvalue weighted by Gasteiger charge is -2.04. The molecule has 1 aromatic heterocycles. The summed E-state index contributed by atoms with van der Waals surface area (Å²) in [4.78, 5) is 18.4. The average molecular weight is 206 g/mol. The molecule has 1 heterocycles. The Morgan fingerprint density at radius 1 is 1.40 bits per heavy atom. The molecular weight excluding hydrogens is 199 g/mol. The van der Waals surface area contributed by atoms with Crippen molar-refractivity contribution in [2.75, 3.05) is 7.11 Å². The number of carbonyl (C=O) groups excluding carboxylic acids is 1. The van der Waals surface area contributed by atoms with Crippen LogP contribution in [0.2, 0.25) is 0 Å². The fraction of sp³-hybridized carbons (Fsp3) is 0.100. The summed E-state index contributed by atoms with van der Waals surface area (Å²) in [6.07, 6.45) is 1.82. The Kier molecular flexibility index (Phi) is 2.29. The minimum absolute atomic E-state index is 0.186. The van der Waals surface area contributed by atoms with Crippen LogP contribution >= 0.6 is 0 Å². The zero-order chi connectivity index (χ0) is 10.8. The molecule has 1 aromatic carbocycles. The van der Waals surface area contributed by atoms with Crippen LogP contribution < -0.4 is 4.74 Å². The van der Waals surface area contributed by atoms with Crippen molar-refractivity contribution in [3.63, 3.8) is 0 Å². The molecule has 0 unspecified atom stereocenters. The van der Waals surface area contributed by atoms with Gasteiger partial charge in [-0.15, -0.1) is 0 Å². The summed E-state index contributed by atoms with van der Waals surface area (Å²) in [5.41, 5.74) is 0.573. The molecule has 2 aromatic rings. The summed E-state index contributed by atoms with van der Waals surface area (Å²) in [6.45, 7) is 0. The van der Waals surface area contributed by atoms with Crippen molar-refractivity contribution in [1.29, 1.82) is 0 Å². The van der Waals surface area contributed by atoms with Crippen molar-refractivity contribution in [3.8, 4) is 5.88 Å². The van der Waals surface area contributed by atoms with Crippen LogP contribution in [-0.2, 0) is 0 Å². The Labute approximate surface area is 84.7 Å². The van der Waals surface area contributed by atoms with Gasteiger partial charge in [-0.25, -0.2) is 14.4 Å². The molecular formula is C10H7FN2O2. The lowest BCUT2D eigenvalue weighted by atomic mass is 10.1. The van der Waals surface area contributed by atoms with Crippen molar-refractivity contribution in [3.05, 3.63) is 29.8 Å². The largest absolute Gasteiger partial charge is 0.480 e. The van der Waals surface area contributed by atoms with Crippen molar-refractivity contribution < 1.29 is 13.9 Å². The van der Waals surface area contributed by atoms with Gasteiger partial charge in [-0.3, -0.25) is 4.79 Å². The summed E-state index contributed by atoms with van der Waals surface area (Å²) in [5, 5.41) is 0.391. The highest BCUT2D eigenvalue weighted by Gasteiger charge is 2.09. The maximum atomic E-state index is 13.1. The Balaban J connectivity index is 2.88. The Morgan fingerprint density at radius 3 is 2.87 bits per heavy atom. The molecule has 0 saturated carbocycles. The number of rotatable bonds is 2. The number of aldehydes is 1. The molecule has 0 amide bonds. The van der Waals surface area contributed by atoms with E-state index in [1.54, 1.807) is 0 Å². The molecule has 0 aliphatic carbocycles. The Hall–Kier alpha value is -2.04. The van der Waals surface area contributed by atoms with E-state index < -0.39 is 5.82 Å². The number of ether oxygens (including phenoxy) is 1. The van der Waals surface area contributed by atoms with Crippen LogP contribution in [0.5, 0.6) is 5.88 Å². The molecule has 0 atom stereocenters. The maximum Gasteiger partial charge on any atom is 0.224 e. The van der Waals surface area contributed by atoms with Gasteiger partial charge >= 0.3 is 0 Å². The third kappa shape index (κ3) is 1.52. The van der Waals surface area contributed by atoms with E-state index in [1.807, 2.05) is 0 Å². The highest BCUT2D eigenvalue weighted by atomic mass is 19.1. The van der Waals surface area contributed by atoms with Gasteiger partial charge in [-0.05, 0) is 12.1 Å². The van der Waals surface area contributed by atoms with E-state index in [0.29, 0.717) is 17.2 Å². The van der Waals surface area contributed by atoms with Gasteiger partial charge in [0.2, 0.25) is 5.88 Å². The number of fused-ring (bicyclic) bond motifs is 1. The molecule has 0 radical (unpaired) electrons. The molecule has 0 N–H and O–H groups in total. The maximum absolute atomic E-state index is 13.1. The van der Waals surface area contributed by atoms with Crippen LogP contribution in [0.4, 0.5) is 4.39 Å². The number of halogens is 1. The van der Waals surface area contributed by atoms with E-state index in [0.717, 1.165) is 6.07 Å². The van der Waals surface area contributed by atoms with Gasteiger partial charge in [0.05, 0.1) is 18.0 Å². The highest BCUT2D eigenvalue weighted by molar-refractivity contribution is 5.97. The number of aromatic nitrogens is 2. The van der Waals surface area contributed by atoms with Crippen LogP contribution in [-0.4, -0.2) is 23.4 Å². The van der Waals surface area contributed by atoms with Crippen LogP contribution in [0.15, 0.2) is 18.5 Å². The minimum atomic E-state index is -0.516. The van der Waals surface area contributed by atoms with E-state index >= 15 is 0 Å². The molecule has 0 bridgehead atoms. The van der Waals surface area contributed by atoms with Crippen molar-refractivity contribution in [2.45, 2.75) is 0 Å². The van der Waals surface area contributed by atoms with E-state index in [-0.39, 0.29) is 11.4 Å². The normalized spacial score (nSPS) is 10.3. The number of benzene rings is 1. The summed E-state index contributed by atoms with van der Waals surface area (Å²) < 4.78 is 18.1. The molecule has 2 rings (SSSR count). The van der Waals surface area contributed by atoms with Gasteiger partial charge in [0, 0.05) is 5.56 Å². The standard InChI is InChI=1S/C10H7FN2O2/c1-15-10-8-3-7(11)2-6(4-14)9(8)12-5-13-10/h2-5H,1H3. The molecule has 0 aliphatic heterocycles. The Bertz CT molecular complexity index is 528. The monoisotopic (exact) mass is 206 g/mol. The number of hydrogen-bond donors (Lipinski definition) is 0. The van der Waals surface area contributed by atoms with Crippen LogP contribution in [0.25, 0.3) is 10.9 Å². The quantitative estimate of drug-likeness (QED) is 0.700. The first-order valence-electron chi connectivity index (χ1n) is 4.19. The fourth-order valence-electron chi connectivity index (χ4n) is 1.39. The van der Waals surface area contributed by atoms with Gasteiger partial charge in [-0.1, -0.05) is 0 Å². The highest BCUT2D eigenvalue weighted by Crippen LogP contribution is 2.24. The summed E-state index contributed by atoms with van der Waals surface area (Å²) in [5.74, 6) is -0.264. The SMILES string of the molecule is COc1ncnc2c(C=O)cc(F)cc12. The third-order valence-corrected chi connectivity index (χ3v) is 2.02.